The van der Waals surface area contributed by atoms with Gasteiger partial charge in [0.05, 0.1) is 0 Å². The van der Waals surface area contributed by atoms with Gasteiger partial charge in [0.15, 0.2) is 0 Å². The lowest BCUT2D eigenvalue weighted by Gasteiger charge is -2.32. The summed E-state index contributed by atoms with van der Waals surface area (Å²) in [6.45, 7) is 3.19. The molecule has 1 unspecified atom stereocenters. The second-order valence-electron chi connectivity index (χ2n) is 6.24. The van der Waals surface area contributed by atoms with E-state index in [1.807, 2.05) is 16.0 Å². The Morgan fingerprint density at radius 2 is 2.27 bits per heavy atom. The van der Waals surface area contributed by atoms with Gasteiger partial charge in [0.2, 0.25) is 11.8 Å². The Bertz CT molecular complexity index is 514. The maximum Gasteiger partial charge on any atom is 0.222 e. The van der Waals surface area contributed by atoms with E-state index in [2.05, 4.69) is 9.97 Å². The molecule has 0 aromatic carbocycles. The molecule has 2 aliphatic heterocycles. The van der Waals surface area contributed by atoms with E-state index in [-0.39, 0.29) is 11.8 Å². The van der Waals surface area contributed by atoms with Crippen molar-refractivity contribution in [2.75, 3.05) is 26.2 Å². The third-order valence-electron chi connectivity index (χ3n) is 4.67. The number of nitrogens with zero attached hydrogens (tertiary/aromatic N) is 3. The minimum absolute atomic E-state index is 0.211. The number of amides is 2. The Balaban J connectivity index is 1.44. The minimum atomic E-state index is 0.211. The van der Waals surface area contributed by atoms with Crippen LogP contribution in [0.5, 0.6) is 0 Å². The summed E-state index contributed by atoms with van der Waals surface area (Å²) in [5, 5.41) is 0. The number of hydrogen-bond acceptors (Lipinski definition) is 3. The molecule has 2 amide bonds. The monoisotopic (exact) mass is 304 g/mol. The number of likely N-dealkylation sites (tertiary alicyclic amines) is 2. The molecule has 0 radical (unpaired) electrons. The fourth-order valence-electron chi connectivity index (χ4n) is 3.45. The summed E-state index contributed by atoms with van der Waals surface area (Å²) in [6, 6.07) is 0. The number of hydrogen-bond donors (Lipinski definition) is 1. The van der Waals surface area contributed by atoms with Crippen molar-refractivity contribution in [2.45, 2.75) is 44.4 Å². The Labute approximate surface area is 130 Å². The van der Waals surface area contributed by atoms with E-state index in [1.165, 1.54) is 0 Å². The zero-order chi connectivity index (χ0) is 15.4. The largest absolute Gasteiger partial charge is 0.348 e. The van der Waals surface area contributed by atoms with Crippen molar-refractivity contribution in [3.63, 3.8) is 0 Å². The van der Waals surface area contributed by atoms with Gasteiger partial charge in [-0.1, -0.05) is 0 Å². The molecule has 0 spiro atoms. The summed E-state index contributed by atoms with van der Waals surface area (Å²) >= 11 is 0. The molecule has 22 heavy (non-hydrogen) atoms. The molecule has 3 heterocycles. The summed E-state index contributed by atoms with van der Waals surface area (Å²) in [4.78, 5) is 35.2. The van der Waals surface area contributed by atoms with Crippen molar-refractivity contribution >= 4 is 11.8 Å². The standard InChI is InChI=1S/C16H24N4O2/c21-14-5-2-9-19(14)10-3-6-15(22)20-11-1-4-13(12-20)16-17-7-8-18-16/h7-8,13H,1-6,9-12H2,(H,17,18). The number of aromatic nitrogens is 2. The van der Waals surface area contributed by atoms with Gasteiger partial charge in [-0.2, -0.15) is 0 Å². The van der Waals surface area contributed by atoms with E-state index in [9.17, 15) is 9.59 Å². The van der Waals surface area contributed by atoms with E-state index in [1.54, 1.807) is 6.20 Å². The summed E-state index contributed by atoms with van der Waals surface area (Å²) < 4.78 is 0. The number of piperidine rings is 1. The number of nitrogens with one attached hydrogen (secondary N) is 1. The highest BCUT2D eigenvalue weighted by Gasteiger charge is 2.26. The van der Waals surface area contributed by atoms with Crippen LogP contribution in [0.25, 0.3) is 0 Å². The molecule has 1 N–H and O–H groups in total. The van der Waals surface area contributed by atoms with Crippen molar-refractivity contribution in [1.82, 2.24) is 19.8 Å². The summed E-state index contributed by atoms with van der Waals surface area (Å²) in [6.07, 6.45) is 8.66. The lowest BCUT2D eigenvalue weighted by Crippen LogP contribution is -2.39. The molecule has 3 rings (SSSR count). The van der Waals surface area contributed by atoms with Crippen LogP contribution in [0.15, 0.2) is 12.4 Å². The molecule has 0 saturated carbocycles. The van der Waals surface area contributed by atoms with E-state index in [0.29, 0.717) is 18.8 Å². The molecular formula is C16H24N4O2. The average molecular weight is 304 g/mol. The highest BCUT2D eigenvalue weighted by atomic mass is 16.2. The molecule has 6 nitrogen and oxygen atoms in total. The fourth-order valence-corrected chi connectivity index (χ4v) is 3.45. The van der Waals surface area contributed by atoms with Crippen LogP contribution in [0.3, 0.4) is 0 Å². The normalized spacial score (nSPS) is 22.4. The third kappa shape index (κ3) is 3.48. The van der Waals surface area contributed by atoms with Crippen LogP contribution in [0.4, 0.5) is 0 Å². The first-order valence-corrected chi connectivity index (χ1v) is 8.29. The topological polar surface area (TPSA) is 69.3 Å². The first-order chi connectivity index (χ1) is 10.7. The Morgan fingerprint density at radius 3 is 3.00 bits per heavy atom. The number of carbonyl (C=O) groups excluding carboxylic acids is 2. The van der Waals surface area contributed by atoms with Crippen LogP contribution in [-0.2, 0) is 9.59 Å². The molecule has 120 valence electrons. The summed E-state index contributed by atoms with van der Waals surface area (Å²) in [7, 11) is 0. The van der Waals surface area contributed by atoms with E-state index in [4.69, 9.17) is 0 Å². The van der Waals surface area contributed by atoms with Crippen molar-refractivity contribution in [3.05, 3.63) is 18.2 Å². The second-order valence-corrected chi connectivity index (χ2v) is 6.24. The van der Waals surface area contributed by atoms with Gasteiger partial charge < -0.3 is 14.8 Å². The van der Waals surface area contributed by atoms with Crippen molar-refractivity contribution in [2.24, 2.45) is 0 Å². The molecule has 2 saturated heterocycles. The molecule has 1 aromatic heterocycles. The van der Waals surface area contributed by atoms with Gasteiger partial charge in [0.1, 0.15) is 5.82 Å². The number of aromatic amines is 1. The van der Waals surface area contributed by atoms with Gasteiger partial charge in [0, 0.05) is 57.3 Å². The van der Waals surface area contributed by atoms with Crippen molar-refractivity contribution in [1.29, 1.82) is 0 Å². The molecule has 1 aromatic rings. The predicted molar refractivity (Wildman–Crippen MR) is 82.2 cm³/mol. The Morgan fingerprint density at radius 1 is 1.36 bits per heavy atom. The van der Waals surface area contributed by atoms with Gasteiger partial charge in [0.25, 0.3) is 0 Å². The van der Waals surface area contributed by atoms with Gasteiger partial charge in [-0.3, -0.25) is 9.59 Å². The van der Waals surface area contributed by atoms with Crippen LogP contribution in [0, 0.1) is 0 Å². The first-order valence-electron chi connectivity index (χ1n) is 8.29. The number of H-pyrrole nitrogens is 1. The van der Waals surface area contributed by atoms with E-state index >= 15 is 0 Å². The highest BCUT2D eigenvalue weighted by molar-refractivity contribution is 5.78. The lowest BCUT2D eigenvalue weighted by molar-refractivity contribution is -0.133. The van der Waals surface area contributed by atoms with Crippen LogP contribution in [-0.4, -0.2) is 57.8 Å². The Hall–Kier alpha value is -1.85. The van der Waals surface area contributed by atoms with Crippen LogP contribution in [0.2, 0.25) is 0 Å². The van der Waals surface area contributed by atoms with Gasteiger partial charge in [-0.25, -0.2) is 4.98 Å². The molecule has 1 atom stereocenters. The van der Waals surface area contributed by atoms with Crippen LogP contribution >= 0.6 is 0 Å². The lowest BCUT2D eigenvalue weighted by atomic mass is 9.97. The second kappa shape index (κ2) is 6.94. The van der Waals surface area contributed by atoms with Gasteiger partial charge in [-0.05, 0) is 25.7 Å². The summed E-state index contributed by atoms with van der Waals surface area (Å²) in [5.74, 6) is 1.76. The molecule has 0 bridgehead atoms. The van der Waals surface area contributed by atoms with Gasteiger partial charge in [-0.15, -0.1) is 0 Å². The minimum Gasteiger partial charge on any atom is -0.348 e. The van der Waals surface area contributed by atoms with E-state index in [0.717, 1.165) is 57.7 Å². The van der Waals surface area contributed by atoms with Crippen LogP contribution in [0.1, 0.15) is 50.3 Å². The third-order valence-corrected chi connectivity index (χ3v) is 4.67. The first kappa shape index (κ1) is 15.1. The number of imidazole rings is 1. The molecular weight excluding hydrogens is 280 g/mol. The smallest absolute Gasteiger partial charge is 0.222 e. The van der Waals surface area contributed by atoms with E-state index < -0.39 is 0 Å². The number of carbonyl (C=O) groups is 2. The Kier molecular flexibility index (Phi) is 4.75. The highest BCUT2D eigenvalue weighted by Crippen LogP contribution is 2.24. The number of rotatable bonds is 5. The molecule has 2 fully saturated rings. The zero-order valence-corrected chi connectivity index (χ0v) is 13.0. The zero-order valence-electron chi connectivity index (χ0n) is 13.0. The molecule has 2 aliphatic rings. The maximum atomic E-state index is 12.4. The fraction of sp³-hybridized carbons (Fsp3) is 0.688. The average Bonchev–Trinajstić information content (AvgIpc) is 3.20. The maximum absolute atomic E-state index is 12.4. The molecule has 6 heteroatoms. The predicted octanol–water partition coefficient (Wildman–Crippen LogP) is 1.52. The van der Waals surface area contributed by atoms with Crippen LogP contribution < -0.4 is 0 Å². The SMILES string of the molecule is O=C1CCCN1CCCC(=O)N1CCCC(c2ncc[nH]2)C1. The molecule has 0 aliphatic carbocycles. The quantitative estimate of drug-likeness (QED) is 0.896. The van der Waals surface area contributed by atoms with Gasteiger partial charge >= 0.3 is 0 Å². The van der Waals surface area contributed by atoms with Crippen molar-refractivity contribution in [3.8, 4) is 0 Å². The summed E-state index contributed by atoms with van der Waals surface area (Å²) in [5.41, 5.74) is 0. The van der Waals surface area contributed by atoms with Crippen molar-refractivity contribution < 1.29 is 9.59 Å².